The van der Waals surface area contributed by atoms with Crippen LogP contribution in [0.1, 0.15) is 30.3 Å². The van der Waals surface area contributed by atoms with Crippen molar-refractivity contribution in [1.82, 2.24) is 9.97 Å². The van der Waals surface area contributed by atoms with Crippen molar-refractivity contribution >= 4 is 17.4 Å². The molecule has 1 aromatic carbocycles. The van der Waals surface area contributed by atoms with E-state index in [0.717, 1.165) is 18.4 Å². The molecule has 0 radical (unpaired) electrons. The molecular weight excluding hydrogens is 276 g/mol. The average Bonchev–Trinajstić information content (AvgIpc) is 3.25. The highest BCUT2D eigenvalue weighted by Gasteiger charge is 2.24. The lowest BCUT2D eigenvalue weighted by atomic mass is 10.1. The zero-order valence-electron chi connectivity index (χ0n) is 11.0. The van der Waals surface area contributed by atoms with Crippen molar-refractivity contribution in [3.8, 4) is 17.0 Å². The highest BCUT2D eigenvalue weighted by molar-refractivity contribution is 6.32. The SMILES string of the molecule is CC(=O)c1cc(-c2ccc(OC3CC3)c(Cl)c2)ncn1. The van der Waals surface area contributed by atoms with Crippen LogP contribution >= 0.6 is 11.6 Å². The third kappa shape index (κ3) is 2.80. The molecule has 2 aromatic rings. The van der Waals surface area contributed by atoms with Gasteiger partial charge in [0.25, 0.3) is 0 Å². The van der Waals surface area contributed by atoms with Crippen molar-refractivity contribution in [2.24, 2.45) is 0 Å². The van der Waals surface area contributed by atoms with E-state index in [-0.39, 0.29) is 5.78 Å². The Hall–Kier alpha value is -1.94. The summed E-state index contributed by atoms with van der Waals surface area (Å²) in [5, 5.41) is 0.553. The van der Waals surface area contributed by atoms with E-state index < -0.39 is 0 Å². The molecule has 0 unspecified atom stereocenters. The lowest BCUT2D eigenvalue weighted by Gasteiger charge is -2.08. The van der Waals surface area contributed by atoms with Crippen LogP contribution in [0, 0.1) is 0 Å². The van der Waals surface area contributed by atoms with Gasteiger partial charge >= 0.3 is 0 Å². The molecule has 5 heteroatoms. The summed E-state index contributed by atoms with van der Waals surface area (Å²) in [6.07, 6.45) is 3.87. The van der Waals surface area contributed by atoms with E-state index in [2.05, 4.69) is 9.97 Å². The first-order chi connectivity index (χ1) is 9.63. The number of hydrogen-bond acceptors (Lipinski definition) is 4. The molecule has 102 valence electrons. The van der Waals surface area contributed by atoms with Gasteiger partial charge in [-0.2, -0.15) is 0 Å². The number of ketones is 1. The van der Waals surface area contributed by atoms with E-state index in [9.17, 15) is 4.79 Å². The fourth-order valence-electron chi connectivity index (χ4n) is 1.83. The average molecular weight is 289 g/mol. The number of benzene rings is 1. The normalized spacial score (nSPS) is 14.1. The van der Waals surface area contributed by atoms with Gasteiger partial charge in [-0.1, -0.05) is 11.6 Å². The fourth-order valence-corrected chi connectivity index (χ4v) is 2.05. The van der Waals surface area contributed by atoms with Gasteiger partial charge in [0.15, 0.2) is 5.78 Å². The van der Waals surface area contributed by atoms with E-state index in [1.165, 1.54) is 13.3 Å². The molecule has 4 nitrogen and oxygen atoms in total. The maximum Gasteiger partial charge on any atom is 0.178 e. The minimum Gasteiger partial charge on any atom is -0.489 e. The molecular formula is C15H13ClN2O2. The number of aromatic nitrogens is 2. The molecule has 1 saturated carbocycles. The van der Waals surface area contributed by atoms with Crippen molar-refractivity contribution in [3.05, 3.63) is 41.3 Å². The van der Waals surface area contributed by atoms with E-state index in [1.807, 2.05) is 12.1 Å². The largest absolute Gasteiger partial charge is 0.489 e. The van der Waals surface area contributed by atoms with Crippen molar-refractivity contribution in [3.63, 3.8) is 0 Å². The van der Waals surface area contributed by atoms with Gasteiger partial charge in [0.2, 0.25) is 0 Å². The Morgan fingerprint density at radius 3 is 2.75 bits per heavy atom. The molecule has 1 heterocycles. The van der Waals surface area contributed by atoms with Crippen LogP contribution in [0.5, 0.6) is 5.75 Å². The Kier molecular flexibility index (Phi) is 3.40. The number of rotatable bonds is 4. The molecule has 0 spiro atoms. The predicted octanol–water partition coefficient (Wildman–Crippen LogP) is 3.54. The monoisotopic (exact) mass is 288 g/mol. The highest BCUT2D eigenvalue weighted by atomic mass is 35.5. The molecule has 1 aromatic heterocycles. The molecule has 0 aliphatic heterocycles. The molecule has 0 amide bonds. The first-order valence-corrected chi connectivity index (χ1v) is 6.81. The molecule has 1 fully saturated rings. The number of hydrogen-bond donors (Lipinski definition) is 0. The van der Waals surface area contributed by atoms with Crippen molar-refractivity contribution in [1.29, 1.82) is 0 Å². The zero-order valence-corrected chi connectivity index (χ0v) is 11.7. The summed E-state index contributed by atoms with van der Waals surface area (Å²) < 4.78 is 5.69. The van der Waals surface area contributed by atoms with Crippen LogP contribution in [0.25, 0.3) is 11.3 Å². The number of ether oxygens (including phenoxy) is 1. The van der Waals surface area contributed by atoms with Gasteiger partial charge in [-0.15, -0.1) is 0 Å². The topological polar surface area (TPSA) is 52.1 Å². The summed E-state index contributed by atoms with van der Waals surface area (Å²) in [6.45, 7) is 1.48. The van der Waals surface area contributed by atoms with Crippen molar-refractivity contribution in [2.45, 2.75) is 25.9 Å². The van der Waals surface area contributed by atoms with Crippen LogP contribution < -0.4 is 4.74 Å². The van der Waals surface area contributed by atoms with Crippen LogP contribution in [0.15, 0.2) is 30.6 Å². The first-order valence-electron chi connectivity index (χ1n) is 6.43. The van der Waals surface area contributed by atoms with E-state index >= 15 is 0 Å². The van der Waals surface area contributed by atoms with Gasteiger partial charge in [0.1, 0.15) is 17.8 Å². The Morgan fingerprint density at radius 2 is 2.10 bits per heavy atom. The van der Waals surface area contributed by atoms with Crippen molar-refractivity contribution in [2.75, 3.05) is 0 Å². The number of carbonyl (C=O) groups is 1. The number of halogens is 1. The quantitative estimate of drug-likeness (QED) is 0.808. The third-order valence-corrected chi connectivity index (χ3v) is 3.37. The lowest BCUT2D eigenvalue weighted by Crippen LogP contribution is -1.99. The third-order valence-electron chi connectivity index (χ3n) is 3.07. The van der Waals surface area contributed by atoms with Gasteiger partial charge < -0.3 is 4.74 Å². The van der Waals surface area contributed by atoms with Crippen LogP contribution in [0.3, 0.4) is 0 Å². The number of nitrogens with zero attached hydrogens (tertiary/aromatic N) is 2. The molecule has 0 bridgehead atoms. The minimum atomic E-state index is -0.0894. The summed E-state index contributed by atoms with van der Waals surface area (Å²) in [4.78, 5) is 19.4. The van der Waals surface area contributed by atoms with Gasteiger partial charge in [-0.25, -0.2) is 9.97 Å². The van der Waals surface area contributed by atoms with Gasteiger partial charge in [-0.05, 0) is 37.1 Å². The molecule has 1 aliphatic rings. The van der Waals surface area contributed by atoms with Crippen molar-refractivity contribution < 1.29 is 9.53 Å². The maximum atomic E-state index is 11.3. The molecule has 0 saturated heterocycles. The van der Waals surface area contributed by atoms with Crippen LogP contribution in [-0.2, 0) is 0 Å². The molecule has 1 aliphatic carbocycles. The van der Waals surface area contributed by atoms with Gasteiger partial charge in [0, 0.05) is 12.5 Å². The molecule has 0 N–H and O–H groups in total. The summed E-state index contributed by atoms with van der Waals surface area (Å²) in [6, 6.07) is 7.18. The Balaban J connectivity index is 1.91. The van der Waals surface area contributed by atoms with E-state index in [4.69, 9.17) is 16.3 Å². The smallest absolute Gasteiger partial charge is 0.178 e. The summed E-state index contributed by atoms with van der Waals surface area (Å²) in [5.41, 5.74) is 1.90. The summed E-state index contributed by atoms with van der Waals surface area (Å²) in [7, 11) is 0. The first kappa shape index (κ1) is 13.1. The number of Topliss-reactive ketones (excluding diaryl/α,β-unsaturated/α-hetero) is 1. The van der Waals surface area contributed by atoms with Crippen LogP contribution in [0.4, 0.5) is 0 Å². The highest BCUT2D eigenvalue weighted by Crippen LogP contribution is 2.34. The van der Waals surface area contributed by atoms with E-state index in [0.29, 0.717) is 28.3 Å². The number of carbonyl (C=O) groups excluding carboxylic acids is 1. The Labute approximate surface area is 121 Å². The standard InChI is InChI=1S/C15H13ClN2O2/c1-9(19)13-7-14(18-8-17-13)10-2-5-15(12(16)6-10)20-11-3-4-11/h2,5-8,11H,3-4H2,1H3. The van der Waals surface area contributed by atoms with Gasteiger partial charge in [0.05, 0.1) is 16.8 Å². The van der Waals surface area contributed by atoms with Gasteiger partial charge in [-0.3, -0.25) is 4.79 Å². The fraction of sp³-hybridized carbons (Fsp3) is 0.267. The Morgan fingerprint density at radius 1 is 1.30 bits per heavy atom. The molecule has 0 atom stereocenters. The van der Waals surface area contributed by atoms with Crippen LogP contribution in [-0.4, -0.2) is 21.9 Å². The van der Waals surface area contributed by atoms with E-state index in [1.54, 1.807) is 12.1 Å². The molecule has 3 rings (SSSR count). The second kappa shape index (κ2) is 5.21. The van der Waals surface area contributed by atoms with Crippen LogP contribution in [0.2, 0.25) is 5.02 Å². The Bertz CT molecular complexity index is 669. The lowest BCUT2D eigenvalue weighted by molar-refractivity contribution is 0.101. The second-order valence-corrected chi connectivity index (χ2v) is 5.21. The molecule has 20 heavy (non-hydrogen) atoms. The predicted molar refractivity (Wildman–Crippen MR) is 76.1 cm³/mol. The maximum absolute atomic E-state index is 11.3. The summed E-state index contributed by atoms with van der Waals surface area (Å²) in [5.74, 6) is 0.604. The minimum absolute atomic E-state index is 0.0894. The summed E-state index contributed by atoms with van der Waals surface area (Å²) >= 11 is 6.22. The second-order valence-electron chi connectivity index (χ2n) is 4.81. The zero-order chi connectivity index (χ0) is 14.1.